The molecule has 96 valence electrons. The smallest absolute Gasteiger partial charge is 0.182 e. The topological polar surface area (TPSA) is 66.5 Å². The molecule has 3 aromatic rings. The Kier molecular flexibility index (Phi) is 2.87. The van der Waals surface area contributed by atoms with Crippen molar-refractivity contribution < 1.29 is 0 Å². The molecular weight excluding hydrogens is 238 g/mol. The van der Waals surface area contributed by atoms with Gasteiger partial charge in [-0.15, -0.1) is 0 Å². The summed E-state index contributed by atoms with van der Waals surface area (Å²) in [5.41, 5.74) is 5.38. The highest BCUT2D eigenvalue weighted by molar-refractivity contribution is 5.81. The van der Waals surface area contributed by atoms with Gasteiger partial charge in [0, 0.05) is 6.54 Å². The van der Waals surface area contributed by atoms with E-state index in [-0.39, 0.29) is 0 Å². The second kappa shape index (κ2) is 4.68. The first-order valence-corrected chi connectivity index (χ1v) is 6.19. The molecule has 0 unspecified atom stereocenters. The average molecular weight is 253 g/mol. The fourth-order valence-electron chi connectivity index (χ4n) is 2.20. The molecule has 0 saturated heterocycles. The molecule has 0 radical (unpaired) electrons. The second-order valence-corrected chi connectivity index (χ2v) is 4.55. The lowest BCUT2D eigenvalue weighted by Crippen LogP contribution is -2.05. The molecule has 0 aliphatic heterocycles. The number of aromatic nitrogens is 4. The lowest BCUT2D eigenvalue weighted by Gasteiger charge is -2.11. The molecule has 5 nitrogen and oxygen atoms in total. The number of aryl methyl sites for hydroxylation is 2. The minimum atomic E-state index is 0.680. The SMILES string of the molecule is Cc1cccc(C)c1CNc1ncnc2nc[nH]c12. The quantitative estimate of drug-likeness (QED) is 0.753. The summed E-state index contributed by atoms with van der Waals surface area (Å²) in [6.45, 7) is 4.98. The van der Waals surface area contributed by atoms with E-state index in [1.807, 2.05) is 0 Å². The van der Waals surface area contributed by atoms with E-state index in [1.165, 1.54) is 23.0 Å². The van der Waals surface area contributed by atoms with Gasteiger partial charge >= 0.3 is 0 Å². The minimum Gasteiger partial charge on any atom is -0.364 e. The molecule has 0 atom stereocenters. The Labute approximate surface area is 111 Å². The molecule has 0 aliphatic carbocycles. The van der Waals surface area contributed by atoms with Crippen LogP contribution in [0.3, 0.4) is 0 Å². The van der Waals surface area contributed by atoms with Crippen molar-refractivity contribution in [1.29, 1.82) is 0 Å². The highest BCUT2D eigenvalue weighted by atomic mass is 15.1. The number of hydrogen-bond acceptors (Lipinski definition) is 4. The van der Waals surface area contributed by atoms with E-state index in [0.717, 1.165) is 17.9 Å². The number of hydrogen-bond donors (Lipinski definition) is 2. The molecular formula is C14H15N5. The number of nitrogens with zero attached hydrogens (tertiary/aromatic N) is 3. The number of aromatic amines is 1. The van der Waals surface area contributed by atoms with E-state index in [1.54, 1.807) is 6.33 Å². The lowest BCUT2D eigenvalue weighted by atomic mass is 10.0. The Morgan fingerprint density at radius 3 is 2.68 bits per heavy atom. The first kappa shape index (κ1) is 11.6. The molecule has 0 bridgehead atoms. The minimum absolute atomic E-state index is 0.680. The van der Waals surface area contributed by atoms with Crippen molar-refractivity contribution in [1.82, 2.24) is 19.9 Å². The van der Waals surface area contributed by atoms with Crippen LogP contribution in [0.4, 0.5) is 5.82 Å². The molecule has 1 aromatic carbocycles. The van der Waals surface area contributed by atoms with Crippen molar-refractivity contribution in [3.05, 3.63) is 47.5 Å². The van der Waals surface area contributed by atoms with Gasteiger partial charge in [-0.1, -0.05) is 18.2 Å². The molecule has 5 heteroatoms. The summed E-state index contributed by atoms with van der Waals surface area (Å²) < 4.78 is 0. The summed E-state index contributed by atoms with van der Waals surface area (Å²) in [5, 5.41) is 3.35. The molecule has 0 amide bonds. The first-order valence-electron chi connectivity index (χ1n) is 6.19. The molecule has 3 rings (SSSR count). The van der Waals surface area contributed by atoms with Crippen molar-refractivity contribution in [3.63, 3.8) is 0 Å². The molecule has 19 heavy (non-hydrogen) atoms. The maximum atomic E-state index is 4.26. The number of benzene rings is 1. The summed E-state index contributed by atoms with van der Waals surface area (Å²) in [6, 6.07) is 6.32. The van der Waals surface area contributed by atoms with Gasteiger partial charge in [0.05, 0.1) is 6.33 Å². The van der Waals surface area contributed by atoms with Crippen molar-refractivity contribution in [2.24, 2.45) is 0 Å². The van der Waals surface area contributed by atoms with Gasteiger partial charge in [-0.05, 0) is 30.5 Å². The number of H-pyrrole nitrogens is 1. The van der Waals surface area contributed by atoms with Gasteiger partial charge in [0.1, 0.15) is 11.8 Å². The Bertz CT molecular complexity index is 696. The normalized spacial score (nSPS) is 10.8. The lowest BCUT2D eigenvalue weighted by molar-refractivity contribution is 1.06. The number of nitrogens with one attached hydrogen (secondary N) is 2. The Hall–Kier alpha value is -2.43. The van der Waals surface area contributed by atoms with E-state index in [9.17, 15) is 0 Å². The summed E-state index contributed by atoms with van der Waals surface area (Å²) >= 11 is 0. The zero-order valence-corrected chi connectivity index (χ0v) is 10.9. The molecule has 0 fully saturated rings. The van der Waals surface area contributed by atoms with Crippen LogP contribution in [0.25, 0.3) is 11.2 Å². The largest absolute Gasteiger partial charge is 0.364 e. The van der Waals surface area contributed by atoms with Gasteiger partial charge in [-0.2, -0.15) is 0 Å². The Balaban J connectivity index is 1.88. The standard InChI is InChI=1S/C14H15N5/c1-9-4-3-5-10(2)11(9)6-15-13-12-14(17-7-16-12)19-8-18-13/h3-5,7-8H,6H2,1-2H3,(H2,15,16,17,18,19). The van der Waals surface area contributed by atoms with Crippen LogP contribution in [0.5, 0.6) is 0 Å². The number of imidazole rings is 1. The van der Waals surface area contributed by atoms with Crippen molar-refractivity contribution >= 4 is 17.0 Å². The predicted octanol–water partition coefficient (Wildman–Crippen LogP) is 2.58. The van der Waals surface area contributed by atoms with E-state index in [4.69, 9.17) is 0 Å². The van der Waals surface area contributed by atoms with Crippen molar-refractivity contribution in [2.75, 3.05) is 5.32 Å². The average Bonchev–Trinajstić information content (AvgIpc) is 2.87. The predicted molar refractivity (Wildman–Crippen MR) is 74.9 cm³/mol. The zero-order valence-electron chi connectivity index (χ0n) is 10.9. The Morgan fingerprint density at radius 2 is 1.89 bits per heavy atom. The van der Waals surface area contributed by atoms with Gasteiger partial charge in [0.15, 0.2) is 11.5 Å². The van der Waals surface area contributed by atoms with E-state index in [2.05, 4.69) is 57.3 Å². The number of anilines is 1. The third-order valence-corrected chi connectivity index (χ3v) is 3.30. The molecule has 2 aromatic heterocycles. The van der Waals surface area contributed by atoms with Crippen LogP contribution in [-0.4, -0.2) is 19.9 Å². The monoisotopic (exact) mass is 253 g/mol. The van der Waals surface area contributed by atoms with Crippen molar-refractivity contribution in [2.45, 2.75) is 20.4 Å². The van der Waals surface area contributed by atoms with Crippen LogP contribution in [0, 0.1) is 13.8 Å². The van der Waals surface area contributed by atoms with E-state index in [0.29, 0.717) is 5.65 Å². The Morgan fingerprint density at radius 1 is 1.11 bits per heavy atom. The summed E-state index contributed by atoms with van der Waals surface area (Å²) in [7, 11) is 0. The number of fused-ring (bicyclic) bond motifs is 1. The summed E-state index contributed by atoms with van der Waals surface area (Å²) in [6.07, 6.45) is 3.15. The van der Waals surface area contributed by atoms with Gasteiger partial charge in [0.2, 0.25) is 0 Å². The summed E-state index contributed by atoms with van der Waals surface area (Å²) in [4.78, 5) is 15.5. The third-order valence-electron chi connectivity index (χ3n) is 3.30. The summed E-state index contributed by atoms with van der Waals surface area (Å²) in [5.74, 6) is 0.783. The van der Waals surface area contributed by atoms with E-state index < -0.39 is 0 Å². The zero-order chi connectivity index (χ0) is 13.2. The molecule has 2 N–H and O–H groups in total. The van der Waals surface area contributed by atoms with Gasteiger partial charge in [-0.25, -0.2) is 15.0 Å². The fraction of sp³-hybridized carbons (Fsp3) is 0.214. The first-order chi connectivity index (χ1) is 9.25. The fourth-order valence-corrected chi connectivity index (χ4v) is 2.20. The van der Waals surface area contributed by atoms with E-state index >= 15 is 0 Å². The molecule has 0 aliphatic rings. The van der Waals surface area contributed by atoms with Crippen molar-refractivity contribution in [3.8, 4) is 0 Å². The van der Waals surface area contributed by atoms with Gasteiger partial charge in [-0.3, -0.25) is 0 Å². The van der Waals surface area contributed by atoms with Crippen LogP contribution in [0.2, 0.25) is 0 Å². The van der Waals surface area contributed by atoms with Crippen LogP contribution in [0.1, 0.15) is 16.7 Å². The highest BCUT2D eigenvalue weighted by Gasteiger charge is 2.07. The molecule has 2 heterocycles. The number of rotatable bonds is 3. The van der Waals surface area contributed by atoms with Gasteiger partial charge < -0.3 is 10.3 Å². The maximum Gasteiger partial charge on any atom is 0.182 e. The highest BCUT2D eigenvalue weighted by Crippen LogP contribution is 2.18. The third kappa shape index (κ3) is 2.14. The molecule has 0 saturated carbocycles. The van der Waals surface area contributed by atoms with Crippen LogP contribution < -0.4 is 5.32 Å². The maximum absolute atomic E-state index is 4.26. The van der Waals surface area contributed by atoms with Crippen LogP contribution in [-0.2, 0) is 6.54 Å². The molecule has 0 spiro atoms. The van der Waals surface area contributed by atoms with Crippen LogP contribution in [0.15, 0.2) is 30.9 Å². The van der Waals surface area contributed by atoms with Crippen LogP contribution >= 0.6 is 0 Å². The second-order valence-electron chi connectivity index (χ2n) is 4.55. The van der Waals surface area contributed by atoms with Gasteiger partial charge in [0.25, 0.3) is 0 Å².